The molecule has 0 aliphatic heterocycles. The first kappa shape index (κ1) is 11.3. The third-order valence-corrected chi connectivity index (χ3v) is 3.19. The topological polar surface area (TPSA) is 67.6 Å². The molecule has 2 N–H and O–H groups in total. The Morgan fingerprint density at radius 2 is 2.11 bits per heavy atom. The van der Waals surface area contributed by atoms with Crippen LogP contribution in [0.2, 0.25) is 0 Å². The quantitative estimate of drug-likeness (QED) is 0.708. The smallest absolute Gasteiger partial charge is 0.145 e. The zero-order valence-corrected chi connectivity index (χ0v) is 10.2. The van der Waals surface area contributed by atoms with Crippen molar-refractivity contribution in [3.8, 4) is 6.07 Å². The molecule has 3 rings (SSSR count). The molecule has 0 aliphatic carbocycles. The average molecular weight is 248 g/mol. The van der Waals surface area contributed by atoms with E-state index in [0.29, 0.717) is 12.2 Å². The second kappa shape index (κ2) is 4.46. The zero-order valence-electron chi connectivity index (χ0n) is 10.2. The van der Waals surface area contributed by atoms with Crippen molar-refractivity contribution in [2.75, 3.05) is 5.73 Å². The Balaban J connectivity index is 2.07. The van der Waals surface area contributed by atoms with Crippen LogP contribution >= 0.6 is 0 Å². The van der Waals surface area contributed by atoms with Gasteiger partial charge in [0.25, 0.3) is 0 Å². The number of pyridine rings is 1. The van der Waals surface area contributed by atoms with Gasteiger partial charge in [-0.05, 0) is 24.3 Å². The zero-order chi connectivity index (χ0) is 13.2. The van der Waals surface area contributed by atoms with Gasteiger partial charge in [-0.2, -0.15) is 5.26 Å². The van der Waals surface area contributed by atoms with Crippen LogP contribution in [-0.2, 0) is 6.54 Å². The molecule has 19 heavy (non-hydrogen) atoms. The summed E-state index contributed by atoms with van der Waals surface area (Å²) < 4.78 is 2.07. The molecule has 2 heterocycles. The van der Waals surface area contributed by atoms with Crippen molar-refractivity contribution in [1.82, 2.24) is 9.55 Å². The maximum atomic E-state index is 9.06. The van der Waals surface area contributed by atoms with Crippen LogP contribution in [0.5, 0.6) is 0 Å². The van der Waals surface area contributed by atoms with Gasteiger partial charge in [0.05, 0.1) is 12.1 Å². The highest BCUT2D eigenvalue weighted by molar-refractivity contribution is 5.91. The van der Waals surface area contributed by atoms with Crippen molar-refractivity contribution in [2.24, 2.45) is 0 Å². The molecule has 1 aromatic carbocycles. The number of hydrogen-bond donors (Lipinski definition) is 1. The summed E-state index contributed by atoms with van der Waals surface area (Å²) in [5.41, 5.74) is 9.14. The molecule has 0 bridgehead atoms. The number of nitrogens with zero attached hydrogens (tertiary/aromatic N) is 3. The van der Waals surface area contributed by atoms with Crippen LogP contribution in [0, 0.1) is 11.3 Å². The molecule has 0 saturated carbocycles. The van der Waals surface area contributed by atoms with Crippen LogP contribution < -0.4 is 5.73 Å². The van der Waals surface area contributed by atoms with Gasteiger partial charge in [-0.15, -0.1) is 0 Å². The van der Waals surface area contributed by atoms with E-state index in [-0.39, 0.29) is 0 Å². The van der Waals surface area contributed by atoms with E-state index in [4.69, 9.17) is 11.0 Å². The Morgan fingerprint density at radius 1 is 1.21 bits per heavy atom. The van der Waals surface area contributed by atoms with Crippen LogP contribution in [0.15, 0.2) is 48.8 Å². The van der Waals surface area contributed by atoms with Crippen molar-refractivity contribution in [1.29, 1.82) is 5.26 Å². The minimum atomic E-state index is 0.466. The third kappa shape index (κ3) is 1.91. The number of hydrogen-bond acceptors (Lipinski definition) is 3. The first-order chi connectivity index (χ1) is 9.29. The van der Waals surface area contributed by atoms with Crippen molar-refractivity contribution in [2.45, 2.75) is 6.54 Å². The summed E-state index contributed by atoms with van der Waals surface area (Å²) in [6.45, 7) is 0.615. The summed E-state index contributed by atoms with van der Waals surface area (Å²) in [5, 5.41) is 10.1. The second-order valence-electron chi connectivity index (χ2n) is 4.35. The van der Waals surface area contributed by atoms with Gasteiger partial charge < -0.3 is 10.3 Å². The predicted molar refractivity (Wildman–Crippen MR) is 74.4 cm³/mol. The third-order valence-electron chi connectivity index (χ3n) is 3.19. The molecule has 0 atom stereocenters. The number of fused-ring (bicyclic) bond motifs is 1. The number of benzene rings is 1. The van der Waals surface area contributed by atoms with E-state index in [2.05, 4.69) is 15.6 Å². The normalized spacial score (nSPS) is 10.5. The number of nitrogens with two attached hydrogens (primary N) is 1. The van der Waals surface area contributed by atoms with Gasteiger partial charge in [-0.3, -0.25) is 0 Å². The van der Waals surface area contributed by atoms with E-state index < -0.39 is 0 Å². The molecule has 92 valence electrons. The minimum Gasteiger partial charge on any atom is -0.398 e. The molecule has 0 radical (unpaired) electrons. The summed E-state index contributed by atoms with van der Waals surface area (Å²) >= 11 is 0. The van der Waals surface area contributed by atoms with Gasteiger partial charge in [0.2, 0.25) is 0 Å². The summed E-state index contributed by atoms with van der Waals surface area (Å²) in [6.07, 6.45) is 3.61. The molecular weight excluding hydrogens is 236 g/mol. The van der Waals surface area contributed by atoms with E-state index in [9.17, 15) is 0 Å². The fourth-order valence-electron chi connectivity index (χ4n) is 2.24. The Bertz CT molecular complexity index is 780. The molecular formula is C15H12N4. The van der Waals surface area contributed by atoms with Gasteiger partial charge in [0.15, 0.2) is 0 Å². The molecule has 0 saturated heterocycles. The number of nitriles is 1. The first-order valence-electron chi connectivity index (χ1n) is 5.97. The lowest BCUT2D eigenvalue weighted by Crippen LogP contribution is -2.01. The maximum Gasteiger partial charge on any atom is 0.145 e. The summed E-state index contributed by atoms with van der Waals surface area (Å²) in [7, 11) is 0. The molecule has 0 unspecified atom stereocenters. The second-order valence-corrected chi connectivity index (χ2v) is 4.35. The van der Waals surface area contributed by atoms with Crippen molar-refractivity contribution < 1.29 is 0 Å². The van der Waals surface area contributed by atoms with E-state index >= 15 is 0 Å². The standard InChI is InChI=1S/C15H12N4/c16-9-14-11(3-2-7-18-14)10-19-8-6-12-13(17)4-1-5-15(12)19/h1-8H,10,17H2. The first-order valence-corrected chi connectivity index (χ1v) is 5.97. The largest absolute Gasteiger partial charge is 0.398 e. The average Bonchev–Trinajstić information content (AvgIpc) is 2.84. The molecule has 0 spiro atoms. The van der Waals surface area contributed by atoms with Gasteiger partial charge in [-0.1, -0.05) is 12.1 Å². The fourth-order valence-corrected chi connectivity index (χ4v) is 2.24. The molecule has 0 aliphatic rings. The highest BCUT2D eigenvalue weighted by Crippen LogP contribution is 2.23. The molecule has 0 fully saturated rings. The predicted octanol–water partition coefficient (Wildman–Crippen LogP) is 2.54. The summed E-state index contributed by atoms with van der Waals surface area (Å²) in [4.78, 5) is 4.08. The van der Waals surface area contributed by atoms with Gasteiger partial charge in [0, 0.05) is 29.0 Å². The number of rotatable bonds is 2. The lowest BCUT2D eigenvalue weighted by molar-refractivity contribution is 0.828. The Kier molecular flexibility index (Phi) is 2.66. The maximum absolute atomic E-state index is 9.06. The van der Waals surface area contributed by atoms with Crippen LogP contribution in [0.1, 0.15) is 11.3 Å². The number of nitrogen functional groups attached to an aromatic ring is 1. The van der Waals surface area contributed by atoms with Crippen LogP contribution in [-0.4, -0.2) is 9.55 Å². The molecule has 2 aromatic heterocycles. The summed E-state index contributed by atoms with van der Waals surface area (Å²) in [5.74, 6) is 0. The van der Waals surface area contributed by atoms with E-state index in [1.54, 1.807) is 6.20 Å². The van der Waals surface area contributed by atoms with Gasteiger partial charge >= 0.3 is 0 Å². The van der Waals surface area contributed by atoms with Crippen LogP contribution in [0.25, 0.3) is 10.9 Å². The lowest BCUT2D eigenvalue weighted by atomic mass is 10.2. The molecule has 4 nitrogen and oxygen atoms in total. The molecule has 3 aromatic rings. The Morgan fingerprint density at radius 3 is 2.95 bits per heavy atom. The highest BCUT2D eigenvalue weighted by atomic mass is 15.0. The van der Waals surface area contributed by atoms with E-state index in [1.807, 2.05) is 42.6 Å². The van der Waals surface area contributed by atoms with Gasteiger partial charge in [0.1, 0.15) is 11.8 Å². The number of aromatic nitrogens is 2. The van der Waals surface area contributed by atoms with Crippen LogP contribution in [0.3, 0.4) is 0 Å². The van der Waals surface area contributed by atoms with E-state index in [1.165, 1.54) is 0 Å². The van der Waals surface area contributed by atoms with Crippen molar-refractivity contribution in [3.05, 3.63) is 60.0 Å². The SMILES string of the molecule is N#Cc1ncccc1Cn1ccc2c(N)cccc21. The Hall–Kier alpha value is -2.80. The van der Waals surface area contributed by atoms with Crippen molar-refractivity contribution >= 4 is 16.6 Å². The molecule has 4 heteroatoms. The van der Waals surface area contributed by atoms with Crippen LogP contribution in [0.4, 0.5) is 5.69 Å². The highest BCUT2D eigenvalue weighted by Gasteiger charge is 2.07. The monoisotopic (exact) mass is 248 g/mol. The fraction of sp³-hybridized carbons (Fsp3) is 0.0667. The van der Waals surface area contributed by atoms with E-state index in [0.717, 1.165) is 22.2 Å². The molecule has 0 amide bonds. The summed E-state index contributed by atoms with van der Waals surface area (Å²) in [6, 6.07) is 13.7. The Labute approximate surface area is 110 Å². The lowest BCUT2D eigenvalue weighted by Gasteiger charge is -2.07. The van der Waals surface area contributed by atoms with Crippen molar-refractivity contribution in [3.63, 3.8) is 0 Å². The van der Waals surface area contributed by atoms with Gasteiger partial charge in [-0.25, -0.2) is 4.98 Å². The minimum absolute atomic E-state index is 0.466. The number of anilines is 1.